The van der Waals surface area contributed by atoms with E-state index in [0.717, 1.165) is 12.5 Å². The lowest BCUT2D eigenvalue weighted by atomic mass is 9.86. The second kappa shape index (κ2) is 6.35. The first kappa shape index (κ1) is 14.2. The first-order valence-corrected chi connectivity index (χ1v) is 7.97. The Balaban J connectivity index is 1.68. The van der Waals surface area contributed by atoms with Crippen molar-refractivity contribution in [2.45, 2.75) is 38.6 Å². The second-order valence-electron chi connectivity index (χ2n) is 6.26. The molecule has 0 radical (unpaired) electrons. The lowest BCUT2D eigenvalue weighted by Gasteiger charge is -2.26. The minimum Gasteiger partial charge on any atom is -0.384 e. The van der Waals surface area contributed by atoms with Crippen LogP contribution >= 0.6 is 0 Å². The standard InChI is InChI=1S/C18H25N3/c1-13-6-11-18(21-13)16-4-2-3-5-17(16)20-12-14-7-9-15(19)10-8-14/h2-6,11,14-15,20-21H,7-10,12,19H2,1H3. The summed E-state index contributed by atoms with van der Waals surface area (Å²) in [7, 11) is 0. The first-order chi connectivity index (χ1) is 10.2. The van der Waals surface area contributed by atoms with Crippen LogP contribution in [0.4, 0.5) is 5.69 Å². The first-order valence-electron chi connectivity index (χ1n) is 7.97. The Morgan fingerprint density at radius 2 is 1.86 bits per heavy atom. The topological polar surface area (TPSA) is 53.8 Å². The molecule has 3 heteroatoms. The van der Waals surface area contributed by atoms with Gasteiger partial charge in [0.2, 0.25) is 0 Å². The van der Waals surface area contributed by atoms with Crippen molar-refractivity contribution in [2.75, 3.05) is 11.9 Å². The molecule has 0 bridgehead atoms. The van der Waals surface area contributed by atoms with Gasteiger partial charge in [0, 0.05) is 35.2 Å². The Bertz CT molecular complexity index is 580. The van der Waals surface area contributed by atoms with Crippen molar-refractivity contribution in [2.24, 2.45) is 11.7 Å². The molecule has 0 saturated heterocycles. The van der Waals surface area contributed by atoms with E-state index in [9.17, 15) is 0 Å². The van der Waals surface area contributed by atoms with Crippen molar-refractivity contribution in [3.8, 4) is 11.3 Å². The monoisotopic (exact) mass is 283 g/mol. The number of nitrogens with one attached hydrogen (secondary N) is 2. The quantitative estimate of drug-likeness (QED) is 0.796. The fourth-order valence-corrected chi connectivity index (χ4v) is 3.18. The third-order valence-corrected chi connectivity index (χ3v) is 4.52. The van der Waals surface area contributed by atoms with E-state index in [0.29, 0.717) is 6.04 Å². The van der Waals surface area contributed by atoms with Crippen LogP contribution < -0.4 is 11.1 Å². The summed E-state index contributed by atoms with van der Waals surface area (Å²) in [4.78, 5) is 3.42. The molecule has 0 atom stereocenters. The van der Waals surface area contributed by atoms with E-state index in [1.54, 1.807) is 0 Å². The molecule has 2 aromatic rings. The highest BCUT2D eigenvalue weighted by atomic mass is 14.9. The van der Waals surface area contributed by atoms with E-state index in [-0.39, 0.29) is 0 Å². The van der Waals surface area contributed by atoms with E-state index >= 15 is 0 Å². The average molecular weight is 283 g/mol. The van der Waals surface area contributed by atoms with Gasteiger partial charge in [-0.3, -0.25) is 0 Å². The normalized spacial score (nSPS) is 22.2. The Kier molecular flexibility index (Phi) is 4.30. The van der Waals surface area contributed by atoms with Crippen LogP contribution in [0.2, 0.25) is 0 Å². The minimum atomic E-state index is 0.426. The number of hydrogen-bond acceptors (Lipinski definition) is 2. The second-order valence-corrected chi connectivity index (χ2v) is 6.26. The molecular weight excluding hydrogens is 258 g/mol. The molecule has 1 aromatic heterocycles. The fraction of sp³-hybridized carbons (Fsp3) is 0.444. The molecule has 1 aliphatic carbocycles. The van der Waals surface area contributed by atoms with Crippen LogP contribution in [0.25, 0.3) is 11.3 Å². The molecule has 1 aliphatic rings. The summed E-state index contributed by atoms with van der Waals surface area (Å²) in [5, 5.41) is 3.64. The predicted octanol–water partition coefficient (Wildman–Crippen LogP) is 3.92. The van der Waals surface area contributed by atoms with Crippen LogP contribution in [0.3, 0.4) is 0 Å². The van der Waals surface area contributed by atoms with Gasteiger partial charge in [0.1, 0.15) is 0 Å². The molecule has 0 aliphatic heterocycles. The Morgan fingerprint density at radius 3 is 2.57 bits per heavy atom. The van der Waals surface area contributed by atoms with Gasteiger partial charge in [0.15, 0.2) is 0 Å². The molecule has 21 heavy (non-hydrogen) atoms. The van der Waals surface area contributed by atoms with Gasteiger partial charge in [-0.15, -0.1) is 0 Å². The predicted molar refractivity (Wildman–Crippen MR) is 89.4 cm³/mol. The van der Waals surface area contributed by atoms with E-state index in [1.165, 1.54) is 48.3 Å². The zero-order valence-electron chi connectivity index (χ0n) is 12.7. The summed E-state index contributed by atoms with van der Waals surface area (Å²) < 4.78 is 0. The number of para-hydroxylation sites is 1. The van der Waals surface area contributed by atoms with Gasteiger partial charge in [0.05, 0.1) is 0 Å². The number of aromatic nitrogens is 1. The van der Waals surface area contributed by atoms with Crippen LogP contribution in [0, 0.1) is 12.8 Å². The Hall–Kier alpha value is -1.74. The smallest absolute Gasteiger partial charge is 0.0476 e. The lowest BCUT2D eigenvalue weighted by molar-refractivity contribution is 0.339. The summed E-state index contributed by atoms with van der Waals surface area (Å²) in [6.07, 6.45) is 4.84. The van der Waals surface area contributed by atoms with Crippen LogP contribution in [0.1, 0.15) is 31.4 Å². The molecule has 0 amide bonds. The van der Waals surface area contributed by atoms with Crippen LogP contribution in [0.15, 0.2) is 36.4 Å². The molecule has 4 N–H and O–H groups in total. The summed E-state index contributed by atoms with van der Waals surface area (Å²) >= 11 is 0. The van der Waals surface area contributed by atoms with E-state index < -0.39 is 0 Å². The van der Waals surface area contributed by atoms with Gasteiger partial charge in [-0.25, -0.2) is 0 Å². The highest BCUT2D eigenvalue weighted by Gasteiger charge is 2.18. The number of hydrogen-bond donors (Lipinski definition) is 3. The minimum absolute atomic E-state index is 0.426. The molecule has 3 nitrogen and oxygen atoms in total. The number of aromatic amines is 1. The lowest BCUT2D eigenvalue weighted by Crippen LogP contribution is -2.29. The summed E-state index contributed by atoms with van der Waals surface area (Å²) in [5.41, 5.74) is 10.8. The summed E-state index contributed by atoms with van der Waals surface area (Å²) in [5.74, 6) is 0.753. The molecule has 1 saturated carbocycles. The maximum atomic E-state index is 5.98. The number of rotatable bonds is 4. The molecule has 0 unspecified atom stereocenters. The zero-order chi connectivity index (χ0) is 14.7. The van der Waals surface area contributed by atoms with Crippen molar-refractivity contribution >= 4 is 5.69 Å². The molecule has 3 rings (SSSR count). The fourth-order valence-electron chi connectivity index (χ4n) is 3.18. The zero-order valence-corrected chi connectivity index (χ0v) is 12.7. The number of H-pyrrole nitrogens is 1. The molecule has 112 valence electrons. The molecular formula is C18H25N3. The van der Waals surface area contributed by atoms with Crippen LogP contribution in [0.5, 0.6) is 0 Å². The van der Waals surface area contributed by atoms with Crippen molar-refractivity contribution in [1.29, 1.82) is 0 Å². The van der Waals surface area contributed by atoms with Gasteiger partial charge < -0.3 is 16.0 Å². The molecule has 0 spiro atoms. The highest BCUT2D eigenvalue weighted by Crippen LogP contribution is 2.29. The highest BCUT2D eigenvalue weighted by molar-refractivity contribution is 5.75. The van der Waals surface area contributed by atoms with Crippen molar-refractivity contribution in [1.82, 2.24) is 4.98 Å². The van der Waals surface area contributed by atoms with Crippen molar-refractivity contribution in [3.63, 3.8) is 0 Å². The van der Waals surface area contributed by atoms with Gasteiger partial charge in [-0.05, 0) is 56.7 Å². The summed E-state index contributed by atoms with van der Waals surface area (Å²) in [6, 6.07) is 13.2. The average Bonchev–Trinajstić information content (AvgIpc) is 2.93. The number of aryl methyl sites for hydroxylation is 1. The maximum Gasteiger partial charge on any atom is 0.0476 e. The van der Waals surface area contributed by atoms with Gasteiger partial charge in [0.25, 0.3) is 0 Å². The molecule has 1 fully saturated rings. The Labute approximate surface area is 127 Å². The van der Waals surface area contributed by atoms with E-state index in [1.807, 2.05) is 0 Å². The van der Waals surface area contributed by atoms with Crippen LogP contribution in [-0.4, -0.2) is 17.6 Å². The van der Waals surface area contributed by atoms with E-state index in [2.05, 4.69) is 53.6 Å². The summed E-state index contributed by atoms with van der Waals surface area (Å²) in [6.45, 7) is 3.13. The number of nitrogens with two attached hydrogens (primary N) is 1. The van der Waals surface area contributed by atoms with Crippen molar-refractivity contribution < 1.29 is 0 Å². The third-order valence-electron chi connectivity index (χ3n) is 4.52. The SMILES string of the molecule is Cc1ccc(-c2ccccc2NCC2CCC(N)CC2)[nH]1. The number of benzene rings is 1. The van der Waals surface area contributed by atoms with Gasteiger partial charge in [-0.2, -0.15) is 0 Å². The third kappa shape index (κ3) is 3.48. The van der Waals surface area contributed by atoms with Gasteiger partial charge >= 0.3 is 0 Å². The number of anilines is 1. The maximum absolute atomic E-state index is 5.98. The largest absolute Gasteiger partial charge is 0.384 e. The van der Waals surface area contributed by atoms with Gasteiger partial charge in [-0.1, -0.05) is 18.2 Å². The Morgan fingerprint density at radius 1 is 1.10 bits per heavy atom. The van der Waals surface area contributed by atoms with Crippen LogP contribution in [-0.2, 0) is 0 Å². The molecule has 1 aromatic carbocycles. The van der Waals surface area contributed by atoms with E-state index in [4.69, 9.17) is 5.73 Å². The van der Waals surface area contributed by atoms with Crippen molar-refractivity contribution in [3.05, 3.63) is 42.1 Å². The molecule has 1 heterocycles.